The van der Waals surface area contributed by atoms with Crippen LogP contribution in [0.4, 0.5) is 4.79 Å². The lowest BCUT2D eigenvalue weighted by Gasteiger charge is -2.20. The number of amides is 4. The van der Waals surface area contributed by atoms with Crippen molar-refractivity contribution in [3.63, 3.8) is 0 Å². The standard InChI is InChI=1S/C16H20ClN5O3S/c1-26-14-19-9-10(17)11(20-14)12(23)18-7-4-8-22-13(24)16(21-15(22)25)5-2-3-6-16/h9H,2-8H2,1H3,(H,18,23)(H,21,25). The van der Waals surface area contributed by atoms with Gasteiger partial charge in [0, 0.05) is 13.1 Å². The van der Waals surface area contributed by atoms with Crippen molar-refractivity contribution >= 4 is 41.2 Å². The number of carbonyl (C=O) groups excluding carboxylic acids is 3. The number of nitrogens with zero attached hydrogens (tertiary/aromatic N) is 3. The van der Waals surface area contributed by atoms with Crippen LogP contribution < -0.4 is 10.6 Å². The average Bonchev–Trinajstić information content (AvgIpc) is 3.19. The van der Waals surface area contributed by atoms with Gasteiger partial charge >= 0.3 is 6.03 Å². The molecule has 1 saturated carbocycles. The molecule has 2 fully saturated rings. The quantitative estimate of drug-likeness (QED) is 0.328. The van der Waals surface area contributed by atoms with Gasteiger partial charge in [-0.25, -0.2) is 14.8 Å². The summed E-state index contributed by atoms with van der Waals surface area (Å²) < 4.78 is 0. The molecule has 8 nitrogen and oxygen atoms in total. The zero-order valence-electron chi connectivity index (χ0n) is 14.4. The van der Waals surface area contributed by atoms with Crippen molar-refractivity contribution in [2.75, 3.05) is 19.3 Å². The van der Waals surface area contributed by atoms with Crippen molar-refractivity contribution in [1.82, 2.24) is 25.5 Å². The Morgan fingerprint density at radius 2 is 2.15 bits per heavy atom. The normalized spacial score (nSPS) is 18.5. The molecule has 0 unspecified atom stereocenters. The molecule has 2 aliphatic rings. The molecule has 0 aromatic carbocycles. The lowest BCUT2D eigenvalue weighted by atomic mass is 9.98. The Labute approximate surface area is 160 Å². The van der Waals surface area contributed by atoms with Crippen LogP contribution in [0.1, 0.15) is 42.6 Å². The number of hydrogen-bond donors (Lipinski definition) is 2. The summed E-state index contributed by atoms with van der Waals surface area (Å²) in [5.74, 6) is -0.549. The predicted octanol–water partition coefficient (Wildman–Crippen LogP) is 1.84. The third-order valence-electron chi connectivity index (χ3n) is 4.67. The fourth-order valence-corrected chi connectivity index (χ4v) is 3.85. The van der Waals surface area contributed by atoms with Crippen LogP contribution in [0.15, 0.2) is 11.4 Å². The lowest BCUT2D eigenvalue weighted by Crippen LogP contribution is -2.44. The van der Waals surface area contributed by atoms with Crippen molar-refractivity contribution in [2.45, 2.75) is 42.8 Å². The molecule has 2 N–H and O–H groups in total. The molecule has 1 aliphatic carbocycles. The number of carbonyl (C=O) groups is 3. The highest BCUT2D eigenvalue weighted by atomic mass is 35.5. The first kappa shape index (κ1) is 18.9. The molecular formula is C16H20ClN5O3S. The van der Waals surface area contributed by atoms with Crippen LogP contribution in [-0.2, 0) is 4.79 Å². The van der Waals surface area contributed by atoms with Crippen LogP contribution in [0, 0.1) is 0 Å². The summed E-state index contributed by atoms with van der Waals surface area (Å²) in [7, 11) is 0. The molecule has 2 heterocycles. The van der Waals surface area contributed by atoms with Gasteiger partial charge < -0.3 is 10.6 Å². The number of aromatic nitrogens is 2. The molecule has 3 rings (SSSR count). The molecule has 1 spiro atoms. The number of urea groups is 1. The number of halogens is 1. The third kappa shape index (κ3) is 3.64. The van der Waals surface area contributed by atoms with E-state index in [1.165, 1.54) is 22.9 Å². The second kappa shape index (κ2) is 7.79. The first-order valence-electron chi connectivity index (χ1n) is 8.46. The van der Waals surface area contributed by atoms with E-state index in [1.807, 2.05) is 0 Å². The summed E-state index contributed by atoms with van der Waals surface area (Å²) in [5.41, 5.74) is -0.575. The highest BCUT2D eigenvalue weighted by molar-refractivity contribution is 7.98. The highest BCUT2D eigenvalue weighted by Crippen LogP contribution is 2.34. The maximum atomic E-state index is 12.5. The third-order valence-corrected chi connectivity index (χ3v) is 5.51. The molecule has 10 heteroatoms. The molecule has 4 amide bonds. The van der Waals surface area contributed by atoms with Gasteiger partial charge in [-0.15, -0.1) is 0 Å². The summed E-state index contributed by atoms with van der Waals surface area (Å²) in [5, 5.41) is 6.19. The first-order chi connectivity index (χ1) is 12.5. The maximum absolute atomic E-state index is 12.5. The second-order valence-electron chi connectivity index (χ2n) is 6.34. The largest absolute Gasteiger partial charge is 0.351 e. The Balaban J connectivity index is 1.51. The number of nitrogens with one attached hydrogen (secondary N) is 2. The minimum absolute atomic E-state index is 0.117. The Hall–Kier alpha value is -1.87. The van der Waals surface area contributed by atoms with Gasteiger partial charge in [-0.1, -0.05) is 36.2 Å². The summed E-state index contributed by atoms with van der Waals surface area (Å²) in [6, 6.07) is -0.341. The van der Waals surface area contributed by atoms with E-state index in [9.17, 15) is 14.4 Å². The fourth-order valence-electron chi connectivity index (χ4n) is 3.33. The van der Waals surface area contributed by atoms with Crippen LogP contribution in [0.25, 0.3) is 0 Å². The Morgan fingerprint density at radius 1 is 1.42 bits per heavy atom. The van der Waals surface area contributed by atoms with Gasteiger partial charge in [-0.05, 0) is 25.5 Å². The van der Waals surface area contributed by atoms with E-state index in [1.54, 1.807) is 6.26 Å². The molecule has 26 heavy (non-hydrogen) atoms. The van der Waals surface area contributed by atoms with E-state index in [4.69, 9.17) is 11.6 Å². The second-order valence-corrected chi connectivity index (χ2v) is 7.52. The average molecular weight is 398 g/mol. The van der Waals surface area contributed by atoms with Crippen molar-refractivity contribution in [3.8, 4) is 0 Å². The topological polar surface area (TPSA) is 104 Å². The van der Waals surface area contributed by atoms with Crippen LogP contribution >= 0.6 is 23.4 Å². The molecule has 0 bridgehead atoms. The molecule has 140 valence electrons. The maximum Gasteiger partial charge on any atom is 0.325 e. The predicted molar refractivity (Wildman–Crippen MR) is 97.2 cm³/mol. The van der Waals surface area contributed by atoms with Crippen molar-refractivity contribution in [3.05, 3.63) is 16.9 Å². The van der Waals surface area contributed by atoms with E-state index in [-0.39, 0.29) is 29.2 Å². The number of rotatable bonds is 6. The summed E-state index contributed by atoms with van der Waals surface area (Å²) >= 11 is 7.29. The lowest BCUT2D eigenvalue weighted by molar-refractivity contribution is -0.131. The van der Waals surface area contributed by atoms with Gasteiger partial charge in [0.1, 0.15) is 5.54 Å². The van der Waals surface area contributed by atoms with Gasteiger partial charge in [0.05, 0.1) is 11.2 Å². The van der Waals surface area contributed by atoms with Gasteiger partial charge in [-0.3, -0.25) is 14.5 Å². The fraction of sp³-hybridized carbons (Fsp3) is 0.562. The Bertz CT molecular complexity index is 739. The summed E-state index contributed by atoms with van der Waals surface area (Å²) in [6.07, 6.45) is 6.97. The van der Waals surface area contributed by atoms with E-state index >= 15 is 0 Å². The minimum Gasteiger partial charge on any atom is -0.351 e. The van der Waals surface area contributed by atoms with E-state index < -0.39 is 11.4 Å². The van der Waals surface area contributed by atoms with Gasteiger partial charge in [0.2, 0.25) is 0 Å². The highest BCUT2D eigenvalue weighted by Gasteiger charge is 2.51. The van der Waals surface area contributed by atoms with Gasteiger partial charge in [-0.2, -0.15) is 0 Å². The molecule has 1 aliphatic heterocycles. The number of hydrogen-bond acceptors (Lipinski definition) is 6. The first-order valence-corrected chi connectivity index (χ1v) is 10.1. The SMILES string of the molecule is CSc1ncc(Cl)c(C(=O)NCCCN2C(=O)NC3(CCCC3)C2=O)n1. The summed E-state index contributed by atoms with van der Waals surface area (Å²) in [4.78, 5) is 46.2. The molecule has 0 radical (unpaired) electrons. The van der Waals surface area contributed by atoms with Crippen LogP contribution in [0.2, 0.25) is 5.02 Å². The molecule has 1 aromatic rings. The van der Waals surface area contributed by atoms with E-state index in [2.05, 4.69) is 20.6 Å². The number of imide groups is 1. The Morgan fingerprint density at radius 3 is 2.85 bits per heavy atom. The smallest absolute Gasteiger partial charge is 0.325 e. The van der Waals surface area contributed by atoms with Crippen LogP contribution in [0.3, 0.4) is 0 Å². The zero-order chi connectivity index (χ0) is 18.7. The zero-order valence-corrected chi connectivity index (χ0v) is 16.0. The van der Waals surface area contributed by atoms with Crippen molar-refractivity contribution < 1.29 is 14.4 Å². The monoisotopic (exact) mass is 397 g/mol. The van der Waals surface area contributed by atoms with Crippen LogP contribution in [-0.4, -0.2) is 57.6 Å². The van der Waals surface area contributed by atoms with Crippen molar-refractivity contribution in [2.24, 2.45) is 0 Å². The minimum atomic E-state index is -0.691. The molecule has 1 saturated heterocycles. The van der Waals surface area contributed by atoms with E-state index in [0.29, 0.717) is 31.0 Å². The van der Waals surface area contributed by atoms with Crippen molar-refractivity contribution in [1.29, 1.82) is 0 Å². The van der Waals surface area contributed by atoms with Gasteiger partial charge in [0.15, 0.2) is 10.9 Å². The molecule has 1 aromatic heterocycles. The molecular weight excluding hydrogens is 378 g/mol. The van der Waals surface area contributed by atoms with Crippen LogP contribution in [0.5, 0.6) is 0 Å². The number of thioether (sulfide) groups is 1. The molecule has 0 atom stereocenters. The van der Waals surface area contributed by atoms with Gasteiger partial charge in [0.25, 0.3) is 11.8 Å². The Kier molecular flexibility index (Phi) is 5.67. The van der Waals surface area contributed by atoms with E-state index in [0.717, 1.165) is 12.8 Å². The summed E-state index contributed by atoms with van der Waals surface area (Å²) in [6.45, 7) is 0.568.